The van der Waals surface area contributed by atoms with Gasteiger partial charge >= 0.3 is 0 Å². The lowest BCUT2D eigenvalue weighted by molar-refractivity contribution is -0.686. The maximum Gasteiger partial charge on any atom is 0.250 e. The molecule has 0 saturated heterocycles. The Hall–Kier alpha value is -3.66. The fraction of sp³-hybridized carbons (Fsp3) is 0.0500. The summed E-state index contributed by atoms with van der Waals surface area (Å²) in [7, 11) is -4.60. The van der Waals surface area contributed by atoms with Crippen molar-refractivity contribution in [2.24, 2.45) is 0 Å². The van der Waals surface area contributed by atoms with Crippen molar-refractivity contribution in [2.45, 2.75) is 11.4 Å². The Balaban J connectivity index is 1.86. The van der Waals surface area contributed by atoms with Crippen LogP contribution < -0.4 is 4.57 Å². The summed E-state index contributed by atoms with van der Waals surface area (Å²) in [6, 6.07) is 8.99. The van der Waals surface area contributed by atoms with Gasteiger partial charge in [-0.3, -0.25) is 0 Å². The fourth-order valence-electron chi connectivity index (χ4n) is 2.83. The first-order valence-corrected chi connectivity index (χ1v) is 10.2. The van der Waals surface area contributed by atoms with E-state index in [4.69, 9.17) is 0 Å². The van der Waals surface area contributed by atoms with Crippen LogP contribution in [0.2, 0.25) is 0 Å². The highest BCUT2D eigenvalue weighted by Crippen LogP contribution is 2.33. The minimum Gasteiger partial charge on any atom is -0.429 e. The minimum atomic E-state index is -4.60. The van der Waals surface area contributed by atoms with E-state index in [-0.39, 0.29) is 11.6 Å². The van der Waals surface area contributed by atoms with Crippen molar-refractivity contribution < 1.29 is 21.8 Å². The second kappa shape index (κ2) is 7.64. The van der Waals surface area contributed by atoms with Gasteiger partial charge in [0.25, 0.3) is 0 Å². The molecule has 0 unspecified atom stereocenters. The molecule has 2 aromatic heterocycles. The third-order valence-corrected chi connectivity index (χ3v) is 5.47. The number of benzene rings is 2. The molecule has 0 saturated carbocycles. The molecule has 0 radical (unpaired) electrons. The molecule has 2 heterocycles. The Morgan fingerprint density at radius 2 is 1.87 bits per heavy atom. The maximum absolute atomic E-state index is 14.1. The first kappa shape index (κ1) is 19.6. The van der Waals surface area contributed by atoms with Crippen LogP contribution in [0.5, 0.6) is 0 Å². The van der Waals surface area contributed by atoms with Crippen LogP contribution in [0.4, 0.5) is 14.6 Å². The highest BCUT2D eigenvalue weighted by atomic mass is 32.2. The predicted molar refractivity (Wildman–Crippen MR) is 106 cm³/mol. The smallest absolute Gasteiger partial charge is 0.250 e. The zero-order chi connectivity index (χ0) is 21.3. The van der Waals surface area contributed by atoms with Gasteiger partial charge in [-0.05, 0) is 29.8 Å². The van der Waals surface area contributed by atoms with Gasteiger partial charge in [0.1, 0.15) is 35.5 Å². The second-order valence-corrected chi connectivity index (χ2v) is 7.88. The van der Waals surface area contributed by atoms with Crippen molar-refractivity contribution >= 4 is 26.9 Å². The lowest BCUT2D eigenvalue weighted by Crippen LogP contribution is -2.29. The van der Waals surface area contributed by atoms with Crippen molar-refractivity contribution in [3.8, 4) is 5.82 Å². The van der Waals surface area contributed by atoms with Crippen LogP contribution in [0.15, 0.2) is 78.7 Å². The Morgan fingerprint density at radius 1 is 1.13 bits per heavy atom. The van der Waals surface area contributed by atoms with Crippen molar-refractivity contribution in [1.29, 1.82) is 0 Å². The first-order valence-electron chi connectivity index (χ1n) is 8.75. The largest absolute Gasteiger partial charge is 0.429 e. The van der Waals surface area contributed by atoms with Crippen LogP contribution in [0, 0.1) is 11.6 Å². The first-order chi connectivity index (χ1) is 14.4. The maximum atomic E-state index is 14.1. The van der Waals surface area contributed by atoms with E-state index in [2.05, 4.69) is 21.3 Å². The molecule has 0 bridgehead atoms. The number of aromatic nitrogens is 4. The van der Waals surface area contributed by atoms with E-state index in [9.17, 15) is 17.2 Å². The van der Waals surface area contributed by atoms with Gasteiger partial charge in [-0.1, -0.05) is 30.9 Å². The third-order valence-electron chi connectivity index (χ3n) is 4.19. The summed E-state index contributed by atoms with van der Waals surface area (Å²) in [5.74, 6) is -2.14. The molecular weight excluding hydrogens is 412 g/mol. The molecule has 0 aliphatic carbocycles. The number of hydrogen-bond acceptors (Lipinski definition) is 4. The number of para-hydroxylation sites is 2. The molecule has 4 aromatic rings. The summed E-state index contributed by atoms with van der Waals surface area (Å²) < 4.78 is 60.1. The molecule has 0 atom stereocenters. The topological polar surface area (TPSA) is 82.8 Å². The lowest BCUT2D eigenvalue weighted by atomic mass is 10.3. The predicted octanol–water partition coefficient (Wildman–Crippen LogP) is 3.57. The van der Waals surface area contributed by atoms with Crippen LogP contribution in [-0.2, 0) is 16.6 Å². The van der Waals surface area contributed by atoms with Gasteiger partial charge < -0.3 is 9.71 Å². The van der Waals surface area contributed by atoms with Gasteiger partial charge in [0.05, 0.1) is 5.52 Å². The summed E-state index contributed by atoms with van der Waals surface area (Å²) in [5, 5.41) is 0. The van der Waals surface area contributed by atoms with E-state index < -0.39 is 26.6 Å². The molecule has 2 aromatic carbocycles. The molecule has 30 heavy (non-hydrogen) atoms. The highest BCUT2D eigenvalue weighted by molar-refractivity contribution is 7.94. The van der Waals surface area contributed by atoms with Crippen LogP contribution in [0.3, 0.4) is 0 Å². The molecule has 0 fully saturated rings. The molecule has 0 aliphatic heterocycles. The highest BCUT2D eigenvalue weighted by Gasteiger charge is 2.20. The number of halogens is 2. The van der Waals surface area contributed by atoms with Crippen molar-refractivity contribution in [3.05, 3.63) is 90.2 Å². The van der Waals surface area contributed by atoms with E-state index >= 15 is 0 Å². The Morgan fingerprint density at radius 3 is 2.60 bits per heavy atom. The minimum absolute atomic E-state index is 0.122. The lowest BCUT2D eigenvalue weighted by Gasteiger charge is -2.18. The Kier molecular flexibility index (Phi) is 5.00. The quantitative estimate of drug-likeness (QED) is 0.348. The molecule has 0 spiro atoms. The van der Waals surface area contributed by atoms with Crippen LogP contribution >= 0.6 is 0 Å². The van der Waals surface area contributed by atoms with Gasteiger partial charge in [0, 0.05) is 5.82 Å². The number of nitrogens with zero attached hydrogens (tertiary/aromatic N) is 5. The summed E-state index contributed by atoms with van der Waals surface area (Å²) in [6.07, 6.45) is 6.74. The average molecular weight is 427 g/mol. The molecule has 0 aliphatic rings. The van der Waals surface area contributed by atoms with Gasteiger partial charge in [-0.15, -0.1) is 0 Å². The zero-order valence-corrected chi connectivity index (χ0v) is 16.3. The Labute approximate surface area is 171 Å². The molecule has 152 valence electrons. The second-order valence-electron chi connectivity index (χ2n) is 6.31. The fourth-order valence-corrected chi connectivity index (χ4v) is 3.85. The molecular formula is C20H15F2N5O2S. The van der Waals surface area contributed by atoms with Crippen LogP contribution in [0.25, 0.3) is 21.6 Å². The van der Waals surface area contributed by atoms with Crippen LogP contribution in [-0.4, -0.2) is 23.0 Å². The van der Waals surface area contributed by atoms with Gasteiger partial charge in [-0.2, -0.15) is 4.57 Å². The molecule has 0 N–H and O–H groups in total. The number of rotatable bonds is 6. The van der Waals surface area contributed by atoms with E-state index in [1.807, 2.05) is 0 Å². The number of hydrogen-bond donors (Lipinski definition) is 0. The summed E-state index contributed by atoms with van der Waals surface area (Å²) >= 11 is 0. The van der Waals surface area contributed by atoms with E-state index in [0.717, 1.165) is 12.1 Å². The van der Waals surface area contributed by atoms with Crippen molar-refractivity contribution in [3.63, 3.8) is 0 Å². The van der Waals surface area contributed by atoms with E-state index in [1.165, 1.54) is 0 Å². The van der Waals surface area contributed by atoms with Gasteiger partial charge in [0.2, 0.25) is 22.2 Å². The normalized spacial score (nSPS) is 11.5. The number of fused-ring (bicyclic) bond motifs is 1. The standard InChI is InChI=1S/C20H15F2N5O2S/c1-2-9-26-10-11-27(13-26)20-19(23-16-5-3-4-6-17(16)24-20)25-30(28,29)18-12-14(21)7-8-15(18)22/h2-8,10-13H,1,9H2. The molecule has 0 amide bonds. The zero-order valence-electron chi connectivity index (χ0n) is 15.5. The monoisotopic (exact) mass is 427 g/mol. The SMILES string of the molecule is C=CC[n+]1ccn(-c2nc3ccccc3nc2[N-]S(=O)(=O)c2cc(F)ccc2F)c1. The van der Waals surface area contributed by atoms with Crippen molar-refractivity contribution in [2.75, 3.05) is 0 Å². The summed E-state index contributed by atoms with van der Waals surface area (Å²) in [4.78, 5) is 7.89. The van der Waals surface area contributed by atoms with Crippen LogP contribution in [0.1, 0.15) is 0 Å². The van der Waals surface area contributed by atoms with Gasteiger partial charge in [0.15, 0.2) is 0 Å². The van der Waals surface area contributed by atoms with Gasteiger partial charge in [-0.25, -0.2) is 26.7 Å². The van der Waals surface area contributed by atoms with E-state index in [0.29, 0.717) is 23.6 Å². The number of imidazole rings is 1. The molecule has 10 heteroatoms. The van der Waals surface area contributed by atoms with E-state index in [1.54, 1.807) is 58.2 Å². The van der Waals surface area contributed by atoms with Crippen molar-refractivity contribution in [1.82, 2.24) is 14.5 Å². The average Bonchev–Trinajstić information content (AvgIpc) is 3.17. The number of allylic oxidation sites excluding steroid dienone is 1. The molecule has 4 rings (SSSR count). The Bertz CT molecular complexity index is 1370. The third kappa shape index (κ3) is 3.77. The molecule has 7 nitrogen and oxygen atoms in total. The summed E-state index contributed by atoms with van der Waals surface area (Å²) in [6.45, 7) is 4.19. The summed E-state index contributed by atoms with van der Waals surface area (Å²) in [5.41, 5.74) is 0.922. The number of sulfonamides is 1.